The molecule has 0 atom stereocenters. The van der Waals surface area contributed by atoms with Crippen molar-refractivity contribution in [2.75, 3.05) is 0 Å². The summed E-state index contributed by atoms with van der Waals surface area (Å²) in [5.41, 5.74) is 2.58. The van der Waals surface area contributed by atoms with Crippen molar-refractivity contribution in [3.05, 3.63) is 95.5 Å². The Morgan fingerprint density at radius 2 is 1.11 bits per heavy atom. The summed E-state index contributed by atoms with van der Waals surface area (Å²) in [6.45, 7) is 0. The molecule has 0 spiro atoms. The lowest BCUT2D eigenvalue weighted by Crippen LogP contribution is -1.86. The highest BCUT2D eigenvalue weighted by Crippen LogP contribution is 2.37. The van der Waals surface area contributed by atoms with Crippen molar-refractivity contribution in [1.82, 2.24) is 0 Å². The average Bonchev–Trinajstić information content (AvgIpc) is 2.73. The van der Waals surface area contributed by atoms with Gasteiger partial charge >= 0.3 is 0 Å². The van der Waals surface area contributed by atoms with Crippen LogP contribution in [0.4, 0.5) is 0 Å². The van der Waals surface area contributed by atoms with E-state index in [-0.39, 0.29) is 0 Å². The smallest absolute Gasteiger partial charge is 0.0992 e. The molecule has 0 radical (unpaired) electrons. The molecule has 0 amide bonds. The van der Waals surface area contributed by atoms with Gasteiger partial charge in [0.1, 0.15) is 0 Å². The fraction of sp³-hybridized carbons (Fsp3) is 0. The summed E-state index contributed by atoms with van der Waals surface area (Å²) in [5.74, 6) is 0. The summed E-state index contributed by atoms with van der Waals surface area (Å²) in [4.78, 5) is 0. The maximum absolute atomic E-state index is 9.26. The van der Waals surface area contributed by atoms with E-state index < -0.39 is 0 Å². The average molecular weight is 364 g/mol. The first kappa shape index (κ1) is 15.9. The maximum Gasteiger partial charge on any atom is 0.0992 e. The number of rotatable bonds is 1. The molecule has 126 valence electrons. The van der Waals surface area contributed by atoms with Gasteiger partial charge in [-0.1, -0.05) is 72.3 Å². The number of hydrogen-bond acceptors (Lipinski definition) is 1. The Morgan fingerprint density at radius 3 is 1.70 bits per heavy atom. The van der Waals surface area contributed by atoms with Crippen LogP contribution in [0.3, 0.4) is 0 Å². The minimum atomic E-state index is 0.570. The second-order valence-corrected chi connectivity index (χ2v) is 7.13. The van der Waals surface area contributed by atoms with Crippen LogP contribution in [0.2, 0.25) is 5.02 Å². The number of halogens is 1. The van der Waals surface area contributed by atoms with E-state index in [1.54, 1.807) is 6.07 Å². The summed E-state index contributed by atoms with van der Waals surface area (Å²) in [7, 11) is 0. The molecule has 0 aliphatic heterocycles. The van der Waals surface area contributed by atoms with Gasteiger partial charge in [0.05, 0.1) is 11.6 Å². The second kappa shape index (κ2) is 6.13. The zero-order valence-electron chi connectivity index (χ0n) is 14.4. The van der Waals surface area contributed by atoms with Gasteiger partial charge in [-0.2, -0.15) is 5.26 Å². The zero-order chi connectivity index (χ0) is 18.4. The minimum Gasteiger partial charge on any atom is -0.192 e. The molecule has 0 aliphatic carbocycles. The van der Waals surface area contributed by atoms with E-state index in [0.717, 1.165) is 11.1 Å². The summed E-state index contributed by atoms with van der Waals surface area (Å²) >= 11 is 6.22. The molecular formula is C25H14ClN. The maximum atomic E-state index is 9.26. The molecule has 0 saturated carbocycles. The Morgan fingerprint density at radius 1 is 0.556 bits per heavy atom. The summed E-state index contributed by atoms with van der Waals surface area (Å²) < 4.78 is 0. The van der Waals surface area contributed by atoms with Crippen molar-refractivity contribution < 1.29 is 0 Å². The molecule has 1 nitrogen and oxygen atoms in total. The van der Waals surface area contributed by atoms with Crippen molar-refractivity contribution in [3.63, 3.8) is 0 Å². The van der Waals surface area contributed by atoms with Crippen LogP contribution in [0, 0.1) is 11.3 Å². The summed E-state index contributed by atoms with van der Waals surface area (Å²) in [5, 5.41) is 17.3. The molecule has 0 saturated heterocycles. The Labute approximate surface area is 162 Å². The van der Waals surface area contributed by atoms with Crippen molar-refractivity contribution >= 4 is 43.9 Å². The first-order chi connectivity index (χ1) is 13.2. The molecular weight excluding hydrogens is 350 g/mol. The van der Waals surface area contributed by atoms with Crippen LogP contribution in [-0.4, -0.2) is 0 Å². The van der Waals surface area contributed by atoms with Gasteiger partial charge in [-0.25, -0.2) is 0 Å². The van der Waals surface area contributed by atoms with E-state index in [4.69, 9.17) is 11.6 Å². The number of benzene rings is 5. The standard InChI is InChI=1S/C25H14ClN/c26-19-12-16(15-27)11-18(13-19)17-9-10-24-22-7-2-1-5-20(22)21-6-3-4-8-23(21)25(24)14-17/h1-14H. The van der Waals surface area contributed by atoms with Gasteiger partial charge in [-0.05, 0) is 67.7 Å². The summed E-state index contributed by atoms with van der Waals surface area (Å²) in [6.07, 6.45) is 0. The zero-order valence-corrected chi connectivity index (χ0v) is 15.2. The van der Waals surface area contributed by atoms with E-state index in [9.17, 15) is 5.26 Å². The van der Waals surface area contributed by atoms with Crippen molar-refractivity contribution in [1.29, 1.82) is 5.26 Å². The van der Waals surface area contributed by atoms with Crippen LogP contribution in [0.1, 0.15) is 5.56 Å². The number of nitriles is 1. The summed E-state index contributed by atoms with van der Waals surface area (Å²) in [6, 6.07) is 31.2. The van der Waals surface area contributed by atoms with Gasteiger partial charge in [-0.3, -0.25) is 0 Å². The third-order valence-electron chi connectivity index (χ3n) is 5.10. The van der Waals surface area contributed by atoms with E-state index in [1.165, 1.54) is 32.3 Å². The predicted molar refractivity (Wildman–Crippen MR) is 114 cm³/mol. The first-order valence-corrected chi connectivity index (χ1v) is 9.17. The lowest BCUT2D eigenvalue weighted by molar-refractivity contribution is 1.48. The van der Waals surface area contributed by atoms with Gasteiger partial charge in [0.2, 0.25) is 0 Å². The molecule has 0 fully saturated rings. The van der Waals surface area contributed by atoms with Crippen molar-refractivity contribution in [3.8, 4) is 17.2 Å². The van der Waals surface area contributed by atoms with Crippen LogP contribution in [0.15, 0.2) is 84.9 Å². The van der Waals surface area contributed by atoms with Crippen LogP contribution < -0.4 is 0 Å². The molecule has 27 heavy (non-hydrogen) atoms. The molecule has 0 N–H and O–H groups in total. The molecule has 0 heterocycles. The number of nitrogens with zero attached hydrogens (tertiary/aromatic N) is 1. The molecule has 5 aromatic carbocycles. The highest BCUT2D eigenvalue weighted by atomic mass is 35.5. The highest BCUT2D eigenvalue weighted by Gasteiger charge is 2.10. The minimum absolute atomic E-state index is 0.570. The van der Waals surface area contributed by atoms with Gasteiger partial charge in [-0.15, -0.1) is 0 Å². The lowest BCUT2D eigenvalue weighted by atomic mass is 9.92. The fourth-order valence-corrected chi connectivity index (χ4v) is 4.14. The van der Waals surface area contributed by atoms with Crippen molar-refractivity contribution in [2.45, 2.75) is 0 Å². The van der Waals surface area contributed by atoms with Crippen LogP contribution in [0.5, 0.6) is 0 Å². The normalized spacial score (nSPS) is 11.1. The first-order valence-electron chi connectivity index (χ1n) is 8.79. The van der Waals surface area contributed by atoms with Crippen molar-refractivity contribution in [2.24, 2.45) is 0 Å². The van der Waals surface area contributed by atoms with Crippen LogP contribution in [-0.2, 0) is 0 Å². The molecule has 0 aliphatic rings. The van der Waals surface area contributed by atoms with Crippen LogP contribution >= 0.6 is 11.6 Å². The molecule has 2 heteroatoms. The van der Waals surface area contributed by atoms with Gasteiger partial charge in [0.15, 0.2) is 0 Å². The van der Waals surface area contributed by atoms with Gasteiger partial charge < -0.3 is 0 Å². The largest absolute Gasteiger partial charge is 0.192 e. The third-order valence-corrected chi connectivity index (χ3v) is 5.32. The molecule has 5 rings (SSSR count). The molecule has 5 aromatic rings. The fourth-order valence-electron chi connectivity index (χ4n) is 3.91. The van der Waals surface area contributed by atoms with Gasteiger partial charge in [0.25, 0.3) is 0 Å². The predicted octanol–water partition coefficient (Wildman–Crippen LogP) is 7.34. The van der Waals surface area contributed by atoms with Gasteiger partial charge in [0, 0.05) is 5.02 Å². The van der Waals surface area contributed by atoms with E-state index >= 15 is 0 Å². The quantitative estimate of drug-likeness (QED) is 0.286. The monoisotopic (exact) mass is 363 g/mol. The Balaban J connectivity index is 1.90. The van der Waals surface area contributed by atoms with Crippen LogP contribution in [0.25, 0.3) is 43.4 Å². The second-order valence-electron chi connectivity index (χ2n) is 6.69. The van der Waals surface area contributed by atoms with E-state index in [0.29, 0.717) is 10.6 Å². The molecule has 0 unspecified atom stereocenters. The lowest BCUT2D eigenvalue weighted by Gasteiger charge is -2.12. The Kier molecular flexibility index (Phi) is 3.60. The SMILES string of the molecule is N#Cc1cc(Cl)cc(-c2ccc3c4ccccc4c4ccccc4c3c2)c1. The highest BCUT2D eigenvalue weighted by molar-refractivity contribution is 6.31. The van der Waals surface area contributed by atoms with E-state index in [2.05, 4.69) is 72.8 Å². The number of hydrogen-bond donors (Lipinski definition) is 0. The number of fused-ring (bicyclic) bond motifs is 6. The molecule has 0 bridgehead atoms. The Bertz CT molecular complexity index is 1360. The Hall–Kier alpha value is -3.34. The molecule has 0 aromatic heterocycles. The topological polar surface area (TPSA) is 23.8 Å². The van der Waals surface area contributed by atoms with E-state index in [1.807, 2.05) is 12.1 Å². The third kappa shape index (κ3) is 2.54.